The number of anilines is 1. The first-order valence-electron chi connectivity index (χ1n) is 8.73. The van der Waals surface area contributed by atoms with Gasteiger partial charge in [-0.05, 0) is 44.0 Å². The first-order chi connectivity index (χ1) is 12.5. The Morgan fingerprint density at radius 3 is 2.54 bits per heavy atom. The van der Waals surface area contributed by atoms with Crippen LogP contribution < -0.4 is 10.1 Å². The van der Waals surface area contributed by atoms with Gasteiger partial charge in [0, 0.05) is 23.2 Å². The van der Waals surface area contributed by atoms with Crippen molar-refractivity contribution in [2.45, 2.75) is 39.0 Å². The Labute approximate surface area is 151 Å². The molecule has 136 valence electrons. The Hall–Kier alpha value is -2.96. The summed E-state index contributed by atoms with van der Waals surface area (Å²) in [6.07, 6.45) is 6.55. The summed E-state index contributed by atoms with van der Waals surface area (Å²) < 4.78 is 5.62. The van der Waals surface area contributed by atoms with Gasteiger partial charge in [0.1, 0.15) is 11.9 Å². The molecule has 1 aromatic carbocycles. The van der Waals surface area contributed by atoms with E-state index in [4.69, 9.17) is 4.74 Å². The van der Waals surface area contributed by atoms with Gasteiger partial charge >= 0.3 is 0 Å². The first-order valence-corrected chi connectivity index (χ1v) is 8.73. The molecule has 0 atom stereocenters. The molecule has 26 heavy (non-hydrogen) atoms. The van der Waals surface area contributed by atoms with E-state index >= 15 is 0 Å². The summed E-state index contributed by atoms with van der Waals surface area (Å²) in [6, 6.07) is 8.53. The lowest BCUT2D eigenvalue weighted by Gasteiger charge is -2.20. The lowest BCUT2D eigenvalue weighted by atomic mass is 9.88. The number of aryl methyl sites for hydroxylation is 1. The van der Waals surface area contributed by atoms with Crippen LogP contribution in [0.5, 0.6) is 11.6 Å². The number of aromatic nitrogens is 1. The molecular weight excluding hydrogens is 334 g/mol. The summed E-state index contributed by atoms with van der Waals surface area (Å²) in [5.74, 6) is 1.01. The van der Waals surface area contributed by atoms with Gasteiger partial charge in [-0.15, -0.1) is 0 Å². The third-order valence-electron chi connectivity index (χ3n) is 4.58. The van der Waals surface area contributed by atoms with E-state index in [1.165, 1.54) is 18.7 Å². The van der Waals surface area contributed by atoms with Crippen LogP contribution in [0.15, 0.2) is 36.5 Å². The number of pyridine rings is 1. The molecule has 1 fully saturated rings. The van der Waals surface area contributed by atoms with Crippen molar-refractivity contribution < 1.29 is 14.5 Å². The second-order valence-corrected chi connectivity index (χ2v) is 6.52. The van der Waals surface area contributed by atoms with Crippen molar-refractivity contribution in [1.82, 2.24) is 4.98 Å². The highest BCUT2D eigenvalue weighted by Gasteiger charge is 2.21. The maximum absolute atomic E-state index is 12.3. The predicted molar refractivity (Wildman–Crippen MR) is 97.3 cm³/mol. The second kappa shape index (κ2) is 7.95. The van der Waals surface area contributed by atoms with E-state index in [-0.39, 0.29) is 23.4 Å². The van der Waals surface area contributed by atoms with E-state index in [9.17, 15) is 14.9 Å². The quantitative estimate of drug-likeness (QED) is 0.624. The second-order valence-electron chi connectivity index (χ2n) is 6.52. The first kappa shape index (κ1) is 17.8. The van der Waals surface area contributed by atoms with Crippen LogP contribution in [0, 0.1) is 23.0 Å². The van der Waals surface area contributed by atoms with Crippen LogP contribution in [-0.2, 0) is 4.79 Å². The molecule has 7 nitrogen and oxygen atoms in total. The number of benzene rings is 1. The van der Waals surface area contributed by atoms with E-state index in [2.05, 4.69) is 10.3 Å². The molecule has 0 bridgehead atoms. The maximum Gasteiger partial charge on any atom is 0.290 e. The number of amides is 1. The Balaban J connectivity index is 1.61. The van der Waals surface area contributed by atoms with Crippen LogP contribution >= 0.6 is 0 Å². The zero-order chi connectivity index (χ0) is 18.5. The Kier molecular flexibility index (Phi) is 5.46. The van der Waals surface area contributed by atoms with Gasteiger partial charge in [0.05, 0.1) is 4.92 Å². The number of nitro groups is 1. The number of carbonyl (C=O) groups is 1. The van der Waals surface area contributed by atoms with Crippen LogP contribution in [-0.4, -0.2) is 15.8 Å². The molecule has 0 aliphatic heterocycles. The molecule has 1 aliphatic rings. The topological polar surface area (TPSA) is 94.4 Å². The fourth-order valence-corrected chi connectivity index (χ4v) is 3.11. The molecule has 1 aromatic heterocycles. The van der Waals surface area contributed by atoms with Crippen molar-refractivity contribution in [1.29, 1.82) is 0 Å². The molecule has 1 heterocycles. The third-order valence-corrected chi connectivity index (χ3v) is 4.58. The van der Waals surface area contributed by atoms with Gasteiger partial charge in [0.25, 0.3) is 5.69 Å². The standard InChI is InChI=1S/C19H21N3O4/c1-13-11-18(20-12-17(13)22(24)25)26-16-9-7-15(8-10-16)21-19(23)14-5-3-2-4-6-14/h7-12,14H,2-6H2,1H3,(H,21,23). The van der Waals surface area contributed by atoms with Crippen LogP contribution in [0.2, 0.25) is 0 Å². The summed E-state index contributed by atoms with van der Waals surface area (Å²) >= 11 is 0. The molecule has 1 amide bonds. The summed E-state index contributed by atoms with van der Waals surface area (Å²) in [7, 11) is 0. The van der Waals surface area contributed by atoms with Gasteiger partial charge in [-0.25, -0.2) is 4.98 Å². The van der Waals surface area contributed by atoms with Crippen molar-refractivity contribution in [2.24, 2.45) is 5.92 Å². The zero-order valence-corrected chi connectivity index (χ0v) is 14.6. The number of nitrogens with zero attached hydrogens (tertiary/aromatic N) is 2. The van der Waals surface area contributed by atoms with Gasteiger partial charge in [-0.2, -0.15) is 0 Å². The van der Waals surface area contributed by atoms with E-state index in [0.29, 0.717) is 11.3 Å². The number of hydrogen-bond donors (Lipinski definition) is 1. The van der Waals surface area contributed by atoms with Crippen molar-refractivity contribution in [3.05, 3.63) is 52.2 Å². The molecule has 1 aliphatic carbocycles. The minimum absolute atomic E-state index is 0.0434. The van der Waals surface area contributed by atoms with Crippen LogP contribution in [0.3, 0.4) is 0 Å². The molecule has 1 saturated carbocycles. The molecule has 3 rings (SSSR count). The van der Waals surface area contributed by atoms with Crippen molar-refractivity contribution in [2.75, 3.05) is 5.32 Å². The smallest absolute Gasteiger partial charge is 0.290 e. The predicted octanol–water partition coefficient (Wildman–Crippen LogP) is 4.61. The molecule has 0 saturated heterocycles. The normalized spacial score (nSPS) is 14.7. The van der Waals surface area contributed by atoms with Crippen molar-refractivity contribution in [3.8, 4) is 11.6 Å². The summed E-state index contributed by atoms with van der Waals surface area (Å²) in [5, 5.41) is 13.8. The van der Waals surface area contributed by atoms with Gasteiger partial charge < -0.3 is 10.1 Å². The number of hydrogen-bond acceptors (Lipinski definition) is 5. The molecule has 2 aromatic rings. The Morgan fingerprint density at radius 1 is 1.23 bits per heavy atom. The summed E-state index contributed by atoms with van der Waals surface area (Å²) in [5.41, 5.74) is 1.16. The highest BCUT2D eigenvalue weighted by Crippen LogP contribution is 2.27. The van der Waals surface area contributed by atoms with Crippen LogP contribution in [0.4, 0.5) is 11.4 Å². The summed E-state index contributed by atoms with van der Waals surface area (Å²) in [6.45, 7) is 1.64. The van der Waals surface area contributed by atoms with Crippen LogP contribution in [0.1, 0.15) is 37.7 Å². The van der Waals surface area contributed by atoms with E-state index in [1.807, 2.05) is 0 Å². The molecule has 0 spiro atoms. The average molecular weight is 355 g/mol. The number of carbonyl (C=O) groups excluding carboxylic acids is 1. The molecule has 7 heteroatoms. The Morgan fingerprint density at radius 2 is 1.92 bits per heavy atom. The largest absolute Gasteiger partial charge is 0.439 e. The third kappa shape index (κ3) is 4.36. The van der Waals surface area contributed by atoms with Crippen LogP contribution in [0.25, 0.3) is 0 Å². The highest BCUT2D eigenvalue weighted by molar-refractivity contribution is 5.92. The fraction of sp³-hybridized carbons (Fsp3) is 0.368. The average Bonchev–Trinajstić information content (AvgIpc) is 2.64. The zero-order valence-electron chi connectivity index (χ0n) is 14.6. The molecule has 1 N–H and O–H groups in total. The van der Waals surface area contributed by atoms with E-state index in [1.54, 1.807) is 31.2 Å². The lowest BCUT2D eigenvalue weighted by molar-refractivity contribution is -0.385. The monoisotopic (exact) mass is 355 g/mol. The molecule has 0 radical (unpaired) electrons. The maximum atomic E-state index is 12.3. The highest BCUT2D eigenvalue weighted by atomic mass is 16.6. The van der Waals surface area contributed by atoms with Gasteiger partial charge in [0.15, 0.2) is 0 Å². The SMILES string of the molecule is Cc1cc(Oc2ccc(NC(=O)C3CCCCC3)cc2)ncc1[N+](=O)[O-]. The summed E-state index contributed by atoms with van der Waals surface area (Å²) in [4.78, 5) is 26.6. The minimum Gasteiger partial charge on any atom is -0.439 e. The van der Waals surface area contributed by atoms with Gasteiger partial charge in [-0.3, -0.25) is 14.9 Å². The molecule has 0 unspecified atom stereocenters. The number of rotatable bonds is 5. The van der Waals surface area contributed by atoms with Gasteiger partial charge in [0.2, 0.25) is 11.8 Å². The fourth-order valence-electron chi connectivity index (χ4n) is 3.11. The van der Waals surface area contributed by atoms with Crippen molar-refractivity contribution in [3.63, 3.8) is 0 Å². The van der Waals surface area contributed by atoms with Gasteiger partial charge in [-0.1, -0.05) is 19.3 Å². The number of nitrogens with one attached hydrogen (secondary N) is 1. The lowest BCUT2D eigenvalue weighted by Crippen LogP contribution is -2.24. The molecular formula is C19H21N3O4. The van der Waals surface area contributed by atoms with Crippen molar-refractivity contribution >= 4 is 17.3 Å². The number of ether oxygens (including phenoxy) is 1. The van der Waals surface area contributed by atoms with E-state index in [0.717, 1.165) is 31.4 Å². The Bertz CT molecular complexity index is 799. The minimum atomic E-state index is -0.476. The van der Waals surface area contributed by atoms with E-state index < -0.39 is 4.92 Å².